The number of para-hydroxylation sites is 1. The number of hydrogen-bond donors (Lipinski definition) is 0. The van der Waals surface area contributed by atoms with Gasteiger partial charge in [0.25, 0.3) is 0 Å². The second-order valence-corrected chi connectivity index (χ2v) is 17.7. The van der Waals surface area contributed by atoms with Crippen LogP contribution in [0.4, 0.5) is 17.1 Å². The van der Waals surface area contributed by atoms with Crippen molar-refractivity contribution in [1.82, 2.24) is 0 Å². The molecule has 1 aliphatic carbocycles. The third kappa shape index (κ3) is 5.87. The van der Waals surface area contributed by atoms with Crippen molar-refractivity contribution < 1.29 is 4.74 Å². The van der Waals surface area contributed by atoms with Gasteiger partial charge in [0.05, 0.1) is 5.41 Å². The summed E-state index contributed by atoms with van der Waals surface area (Å²) in [5, 5.41) is 2.29. The van der Waals surface area contributed by atoms with Crippen LogP contribution in [0, 0.1) is 0 Å². The lowest BCUT2D eigenvalue weighted by molar-refractivity contribution is 0.430. The molecular formula is C62H45NO. The van der Waals surface area contributed by atoms with E-state index in [0.29, 0.717) is 0 Å². The van der Waals surface area contributed by atoms with E-state index in [-0.39, 0.29) is 5.41 Å². The summed E-state index contributed by atoms with van der Waals surface area (Å²) >= 11 is 0. The highest BCUT2D eigenvalue weighted by atomic mass is 16.5. The monoisotopic (exact) mass is 819 g/mol. The van der Waals surface area contributed by atoms with Crippen LogP contribution in [0.3, 0.4) is 0 Å². The molecule has 10 aromatic rings. The van der Waals surface area contributed by atoms with Crippen LogP contribution >= 0.6 is 0 Å². The summed E-state index contributed by atoms with van der Waals surface area (Å²) < 4.78 is 6.98. The van der Waals surface area contributed by atoms with E-state index in [1.54, 1.807) is 0 Å². The molecule has 0 aromatic heterocycles. The van der Waals surface area contributed by atoms with Gasteiger partial charge in [-0.05, 0) is 110 Å². The zero-order chi connectivity index (χ0) is 42.8. The van der Waals surface area contributed by atoms with E-state index >= 15 is 0 Å². The molecule has 2 aliphatic rings. The average molecular weight is 820 g/mol. The Balaban J connectivity index is 1.01. The lowest BCUT2D eigenvalue weighted by atomic mass is 9.53. The predicted octanol–water partition coefficient (Wildman–Crippen LogP) is 16.4. The van der Waals surface area contributed by atoms with Crippen molar-refractivity contribution in [3.63, 3.8) is 0 Å². The van der Waals surface area contributed by atoms with Gasteiger partial charge >= 0.3 is 0 Å². The molecule has 304 valence electrons. The fourth-order valence-electron chi connectivity index (χ4n) is 10.7. The Labute approximate surface area is 375 Å². The summed E-state index contributed by atoms with van der Waals surface area (Å²) in [6, 6.07) is 86.3. The number of rotatable bonds is 6. The first-order valence-electron chi connectivity index (χ1n) is 22.2. The van der Waals surface area contributed by atoms with Crippen LogP contribution in [0.25, 0.3) is 44.2 Å². The molecule has 0 amide bonds. The van der Waals surface area contributed by atoms with E-state index in [9.17, 15) is 0 Å². The first-order valence-corrected chi connectivity index (χ1v) is 22.2. The van der Waals surface area contributed by atoms with Gasteiger partial charge in [-0.3, -0.25) is 0 Å². The molecule has 12 rings (SSSR count). The second kappa shape index (κ2) is 14.9. The van der Waals surface area contributed by atoms with Crippen LogP contribution in [0.15, 0.2) is 237 Å². The number of benzene rings is 10. The van der Waals surface area contributed by atoms with Crippen molar-refractivity contribution in [2.24, 2.45) is 0 Å². The Morgan fingerprint density at radius 3 is 1.38 bits per heavy atom. The van der Waals surface area contributed by atoms with E-state index in [0.717, 1.165) is 39.5 Å². The normalized spacial score (nSPS) is 15.3. The molecule has 1 unspecified atom stereocenters. The smallest absolute Gasteiger partial charge is 0.140 e. The van der Waals surface area contributed by atoms with E-state index < -0.39 is 5.41 Å². The fourth-order valence-corrected chi connectivity index (χ4v) is 10.7. The molecule has 2 heteroatoms. The Morgan fingerprint density at radius 1 is 0.328 bits per heavy atom. The molecule has 64 heavy (non-hydrogen) atoms. The van der Waals surface area contributed by atoms with E-state index in [4.69, 9.17) is 4.74 Å². The lowest BCUT2D eigenvalue weighted by Gasteiger charge is -2.50. The van der Waals surface area contributed by atoms with Crippen LogP contribution in [0.2, 0.25) is 0 Å². The highest BCUT2D eigenvalue weighted by molar-refractivity contribution is 5.93. The maximum absolute atomic E-state index is 6.98. The van der Waals surface area contributed by atoms with Crippen molar-refractivity contribution in [2.75, 3.05) is 4.90 Å². The van der Waals surface area contributed by atoms with Crippen molar-refractivity contribution in [3.05, 3.63) is 270 Å². The molecule has 1 aliphatic heterocycles. The van der Waals surface area contributed by atoms with Crippen LogP contribution < -0.4 is 9.64 Å². The molecule has 1 atom stereocenters. The third-order valence-corrected chi connectivity index (χ3v) is 13.8. The number of anilines is 3. The Morgan fingerprint density at radius 2 is 0.766 bits per heavy atom. The third-order valence-electron chi connectivity index (χ3n) is 13.8. The molecule has 0 saturated heterocycles. The van der Waals surface area contributed by atoms with Crippen molar-refractivity contribution in [2.45, 2.75) is 24.7 Å². The standard InChI is InChI=1S/C62H45NO/c1-61(2)53-21-11-12-22-55(53)62(56-23-13-14-24-59(56)64-60-52-20-10-9-19-47(52)31-40-57(60)62)58-41-48(32-39-54(58)61)46-29-37-51(38-30-46)63(49-33-25-44(26-34-49)42-15-5-3-6-16-42)50-35-27-45(28-36-50)43-17-7-4-8-18-43/h3-41H,1-2H3. The number of fused-ring (bicyclic) bond motifs is 10. The minimum atomic E-state index is -0.611. The van der Waals surface area contributed by atoms with Gasteiger partial charge in [0.1, 0.15) is 11.5 Å². The summed E-state index contributed by atoms with van der Waals surface area (Å²) in [6.45, 7) is 4.76. The Bertz CT molecular complexity index is 3270. The van der Waals surface area contributed by atoms with Crippen molar-refractivity contribution in [3.8, 4) is 44.9 Å². The van der Waals surface area contributed by atoms with Crippen molar-refractivity contribution >= 4 is 27.8 Å². The van der Waals surface area contributed by atoms with Crippen LogP contribution in [-0.2, 0) is 10.8 Å². The molecule has 0 bridgehead atoms. The van der Waals surface area contributed by atoms with Crippen LogP contribution in [-0.4, -0.2) is 0 Å². The highest BCUT2D eigenvalue weighted by Crippen LogP contribution is 2.62. The highest BCUT2D eigenvalue weighted by Gasteiger charge is 2.53. The van der Waals surface area contributed by atoms with Gasteiger partial charge in [0.15, 0.2) is 0 Å². The van der Waals surface area contributed by atoms with E-state index in [1.165, 1.54) is 66.6 Å². The summed E-state index contributed by atoms with van der Waals surface area (Å²) in [5.41, 5.74) is 17.2. The molecule has 2 nitrogen and oxygen atoms in total. The minimum absolute atomic E-state index is 0.240. The molecule has 1 spiro atoms. The average Bonchev–Trinajstić information content (AvgIpc) is 3.36. The van der Waals surface area contributed by atoms with Crippen molar-refractivity contribution in [1.29, 1.82) is 0 Å². The van der Waals surface area contributed by atoms with Gasteiger partial charge in [-0.2, -0.15) is 0 Å². The minimum Gasteiger partial charge on any atom is -0.456 e. The summed E-state index contributed by atoms with van der Waals surface area (Å²) in [4.78, 5) is 2.36. The number of hydrogen-bond acceptors (Lipinski definition) is 2. The Kier molecular flexibility index (Phi) is 8.77. The second-order valence-electron chi connectivity index (χ2n) is 17.7. The predicted molar refractivity (Wildman–Crippen MR) is 265 cm³/mol. The van der Waals surface area contributed by atoms with Gasteiger partial charge < -0.3 is 9.64 Å². The molecule has 1 heterocycles. The summed E-state index contributed by atoms with van der Waals surface area (Å²) in [5.74, 6) is 1.83. The van der Waals surface area contributed by atoms with Gasteiger partial charge in [-0.25, -0.2) is 0 Å². The zero-order valence-corrected chi connectivity index (χ0v) is 35.9. The lowest BCUT2D eigenvalue weighted by Crippen LogP contribution is -2.43. The van der Waals surface area contributed by atoms with Gasteiger partial charge in [0.2, 0.25) is 0 Å². The quantitative estimate of drug-likeness (QED) is 0.166. The topological polar surface area (TPSA) is 12.5 Å². The molecule has 0 radical (unpaired) electrons. The Hall–Kier alpha value is -7.94. The SMILES string of the molecule is CC1(C)c2ccccc2C2(c3ccccc3Oc3c2ccc2ccccc32)c2cc(-c3ccc(N(c4ccc(-c5ccccc5)cc4)c4ccc(-c5ccccc5)cc4)cc3)ccc21. The zero-order valence-electron chi connectivity index (χ0n) is 35.9. The maximum atomic E-state index is 6.98. The molecule has 0 N–H and O–H groups in total. The largest absolute Gasteiger partial charge is 0.456 e. The first kappa shape index (κ1) is 37.8. The van der Waals surface area contributed by atoms with E-state index in [2.05, 4.69) is 255 Å². The fraction of sp³-hybridized carbons (Fsp3) is 0.0645. The molecular weight excluding hydrogens is 775 g/mol. The first-order chi connectivity index (χ1) is 31.5. The summed E-state index contributed by atoms with van der Waals surface area (Å²) in [7, 11) is 0. The van der Waals surface area contributed by atoms with E-state index in [1.807, 2.05) is 0 Å². The number of ether oxygens (including phenoxy) is 1. The van der Waals surface area contributed by atoms with Gasteiger partial charge in [0, 0.05) is 39.0 Å². The van der Waals surface area contributed by atoms with Gasteiger partial charge in [-0.15, -0.1) is 0 Å². The maximum Gasteiger partial charge on any atom is 0.140 e. The molecule has 0 fully saturated rings. The summed E-state index contributed by atoms with van der Waals surface area (Å²) in [6.07, 6.45) is 0. The number of nitrogens with zero attached hydrogens (tertiary/aromatic N) is 1. The molecule has 10 aromatic carbocycles. The molecule has 0 saturated carbocycles. The van der Waals surface area contributed by atoms with Gasteiger partial charge in [-0.1, -0.05) is 202 Å². The van der Waals surface area contributed by atoms with Crippen LogP contribution in [0.1, 0.15) is 47.2 Å². The van der Waals surface area contributed by atoms with Crippen LogP contribution in [0.5, 0.6) is 11.5 Å².